The van der Waals surface area contributed by atoms with Crippen molar-refractivity contribution in [3.8, 4) is 5.75 Å². The zero-order valence-corrected chi connectivity index (χ0v) is 11.6. The van der Waals surface area contributed by atoms with E-state index in [-0.39, 0.29) is 22.1 Å². The van der Waals surface area contributed by atoms with Gasteiger partial charge in [-0.15, -0.1) is 0 Å². The highest BCUT2D eigenvalue weighted by atomic mass is 35.5. The van der Waals surface area contributed by atoms with Crippen LogP contribution in [0.1, 0.15) is 10.4 Å². The van der Waals surface area contributed by atoms with Crippen LogP contribution in [0.15, 0.2) is 45.9 Å². The van der Waals surface area contributed by atoms with E-state index in [1.807, 2.05) is 0 Å². The summed E-state index contributed by atoms with van der Waals surface area (Å²) in [5, 5.41) is 11.3. The molecule has 1 unspecified atom stereocenters. The molecule has 0 saturated heterocycles. The van der Waals surface area contributed by atoms with Gasteiger partial charge in [0.25, 0.3) is 6.04 Å². The van der Waals surface area contributed by atoms with Gasteiger partial charge < -0.3 is 4.74 Å². The van der Waals surface area contributed by atoms with Crippen LogP contribution in [-0.4, -0.2) is 29.6 Å². The molecule has 21 heavy (non-hydrogen) atoms. The fraction of sp³-hybridized carbons (Fsp3) is 0.143. The summed E-state index contributed by atoms with van der Waals surface area (Å²) in [6, 6.07) is 3.63. The van der Waals surface area contributed by atoms with E-state index in [0.29, 0.717) is 17.0 Å². The molecule has 1 aromatic rings. The summed E-state index contributed by atoms with van der Waals surface area (Å²) in [6.45, 7) is 0. The molecular weight excluding hydrogens is 296 g/mol. The first-order valence-electron chi connectivity index (χ1n) is 6.06. The number of nitrogens with zero attached hydrogens (tertiary/aromatic N) is 2. The highest BCUT2D eigenvalue weighted by Gasteiger charge is 2.39. The van der Waals surface area contributed by atoms with Gasteiger partial charge in [-0.05, 0) is 30.4 Å². The number of hydrogen-bond donors (Lipinski definition) is 0. The van der Waals surface area contributed by atoms with E-state index in [2.05, 4.69) is 4.99 Å². The molecular formula is C14H9ClN2O4. The number of ketones is 1. The maximum atomic E-state index is 12.6. The first-order chi connectivity index (χ1) is 10.0. The Morgan fingerprint density at radius 1 is 1.43 bits per heavy atom. The van der Waals surface area contributed by atoms with Crippen molar-refractivity contribution in [1.82, 2.24) is 0 Å². The fourth-order valence-electron chi connectivity index (χ4n) is 2.32. The van der Waals surface area contributed by atoms with E-state index in [0.717, 1.165) is 0 Å². The smallest absolute Gasteiger partial charge is 0.274 e. The fourth-order valence-corrected chi connectivity index (χ4v) is 2.58. The predicted octanol–water partition coefficient (Wildman–Crippen LogP) is 2.67. The number of nitro groups is 1. The van der Waals surface area contributed by atoms with Gasteiger partial charge in [-0.1, -0.05) is 11.6 Å². The van der Waals surface area contributed by atoms with E-state index >= 15 is 0 Å². The zero-order chi connectivity index (χ0) is 15.1. The Kier molecular flexibility index (Phi) is 3.10. The van der Waals surface area contributed by atoms with Gasteiger partial charge in [0, 0.05) is 4.92 Å². The average molecular weight is 305 g/mol. The summed E-state index contributed by atoms with van der Waals surface area (Å²) in [6.07, 6.45) is 2.69. The summed E-state index contributed by atoms with van der Waals surface area (Å²) in [7, 11) is 1.49. The number of halogens is 1. The molecule has 3 rings (SSSR count). The molecule has 1 aliphatic heterocycles. The number of allylic oxidation sites excluding steroid dienone is 2. The SMILES string of the molecule is COc1ccc2c(c1)C(=O)C1=C(Cl)C=CC([N+](=O)[O-])C1=N2. The molecule has 6 nitrogen and oxygen atoms in total. The molecule has 1 aromatic carbocycles. The number of fused-ring (bicyclic) bond motifs is 2. The van der Waals surface area contributed by atoms with Crippen LogP contribution in [0.5, 0.6) is 5.75 Å². The van der Waals surface area contributed by atoms with Crippen molar-refractivity contribution in [1.29, 1.82) is 0 Å². The summed E-state index contributed by atoms with van der Waals surface area (Å²) in [4.78, 5) is 27.4. The number of hydrogen-bond acceptors (Lipinski definition) is 5. The number of ether oxygens (including phenoxy) is 1. The Hall–Kier alpha value is -2.47. The average Bonchev–Trinajstić information content (AvgIpc) is 2.46. The molecule has 0 bridgehead atoms. The second-order valence-corrected chi connectivity index (χ2v) is 4.93. The van der Waals surface area contributed by atoms with Crippen molar-refractivity contribution in [2.45, 2.75) is 6.04 Å². The van der Waals surface area contributed by atoms with Gasteiger partial charge in [-0.25, -0.2) is 4.99 Å². The third-order valence-electron chi connectivity index (χ3n) is 3.34. The molecule has 1 heterocycles. The minimum absolute atomic E-state index is 0.0789. The third kappa shape index (κ3) is 2.04. The molecule has 2 aliphatic rings. The lowest BCUT2D eigenvalue weighted by Gasteiger charge is -2.22. The monoisotopic (exact) mass is 304 g/mol. The van der Waals surface area contributed by atoms with Crippen LogP contribution in [-0.2, 0) is 0 Å². The third-order valence-corrected chi connectivity index (χ3v) is 3.66. The van der Waals surface area contributed by atoms with E-state index in [1.165, 1.54) is 19.3 Å². The van der Waals surface area contributed by atoms with Crippen LogP contribution in [0, 0.1) is 10.1 Å². The van der Waals surface area contributed by atoms with Crippen LogP contribution >= 0.6 is 11.6 Å². The van der Waals surface area contributed by atoms with Crippen LogP contribution in [0.25, 0.3) is 0 Å². The van der Waals surface area contributed by atoms with Crippen molar-refractivity contribution >= 4 is 28.8 Å². The maximum absolute atomic E-state index is 12.6. The highest BCUT2D eigenvalue weighted by molar-refractivity contribution is 6.43. The first kappa shape index (κ1) is 13.5. The van der Waals surface area contributed by atoms with Crippen LogP contribution in [0.3, 0.4) is 0 Å². The maximum Gasteiger partial charge on any atom is 0.274 e. The second kappa shape index (κ2) is 4.82. The summed E-state index contributed by atoms with van der Waals surface area (Å²) >= 11 is 6.03. The minimum atomic E-state index is -1.17. The molecule has 1 atom stereocenters. The van der Waals surface area contributed by atoms with E-state index in [1.54, 1.807) is 18.2 Å². The van der Waals surface area contributed by atoms with Gasteiger partial charge >= 0.3 is 0 Å². The number of methoxy groups -OCH3 is 1. The number of rotatable bonds is 2. The van der Waals surface area contributed by atoms with E-state index < -0.39 is 11.0 Å². The first-order valence-corrected chi connectivity index (χ1v) is 6.44. The lowest BCUT2D eigenvalue weighted by molar-refractivity contribution is -0.490. The van der Waals surface area contributed by atoms with E-state index in [9.17, 15) is 14.9 Å². The summed E-state index contributed by atoms with van der Waals surface area (Å²) < 4.78 is 5.08. The van der Waals surface area contributed by atoms with Crippen LogP contribution < -0.4 is 4.74 Å². The Bertz CT molecular complexity index is 764. The largest absolute Gasteiger partial charge is 0.497 e. The Balaban J connectivity index is 2.23. The predicted molar refractivity (Wildman–Crippen MR) is 77.2 cm³/mol. The lowest BCUT2D eigenvalue weighted by atomic mass is 9.88. The van der Waals surface area contributed by atoms with Crippen molar-refractivity contribution < 1.29 is 14.5 Å². The molecule has 7 heteroatoms. The summed E-state index contributed by atoms with van der Waals surface area (Å²) in [5.41, 5.74) is 0.867. The quantitative estimate of drug-likeness (QED) is 0.621. The molecule has 0 radical (unpaired) electrons. The van der Waals surface area contributed by atoms with Gasteiger partial charge in [0.15, 0.2) is 5.78 Å². The zero-order valence-electron chi connectivity index (χ0n) is 10.9. The van der Waals surface area contributed by atoms with E-state index in [4.69, 9.17) is 16.3 Å². The molecule has 0 spiro atoms. The number of carbonyl (C=O) groups is 1. The Labute approximate surface area is 124 Å². The number of carbonyl (C=O) groups excluding carboxylic acids is 1. The van der Waals surface area contributed by atoms with Crippen molar-refractivity contribution in [2.24, 2.45) is 4.99 Å². The van der Waals surface area contributed by atoms with Crippen LogP contribution in [0.2, 0.25) is 0 Å². The number of Topliss-reactive ketones (excluding diaryl/α,β-unsaturated/α-hetero) is 1. The molecule has 1 aliphatic carbocycles. The lowest BCUT2D eigenvalue weighted by Crippen LogP contribution is -2.35. The topological polar surface area (TPSA) is 81.8 Å². The van der Waals surface area contributed by atoms with Gasteiger partial charge in [0.2, 0.25) is 0 Å². The Morgan fingerprint density at radius 2 is 2.19 bits per heavy atom. The number of benzene rings is 1. The standard InChI is InChI=1S/C14H9ClN2O4/c1-21-7-2-4-10-8(6-7)14(18)12-9(15)3-5-11(17(19)20)13(12)16-10/h2-6,11H,1H3. The molecule has 106 valence electrons. The summed E-state index contributed by atoms with van der Waals surface area (Å²) in [5.74, 6) is 0.129. The van der Waals surface area contributed by atoms with Crippen molar-refractivity contribution in [2.75, 3.05) is 7.11 Å². The normalized spacial score (nSPS) is 19.8. The molecule has 0 fully saturated rings. The minimum Gasteiger partial charge on any atom is -0.497 e. The van der Waals surface area contributed by atoms with Gasteiger partial charge in [0.05, 0.1) is 29.0 Å². The van der Waals surface area contributed by atoms with Gasteiger partial charge in [-0.3, -0.25) is 14.9 Å². The second-order valence-electron chi connectivity index (χ2n) is 4.52. The molecule has 0 N–H and O–H groups in total. The highest BCUT2D eigenvalue weighted by Crippen LogP contribution is 2.36. The van der Waals surface area contributed by atoms with Gasteiger partial charge in [-0.2, -0.15) is 0 Å². The molecule has 0 amide bonds. The Morgan fingerprint density at radius 3 is 2.86 bits per heavy atom. The van der Waals surface area contributed by atoms with Crippen molar-refractivity contribution in [3.63, 3.8) is 0 Å². The van der Waals surface area contributed by atoms with Gasteiger partial charge in [0.1, 0.15) is 11.5 Å². The van der Waals surface area contributed by atoms with Crippen molar-refractivity contribution in [3.05, 3.63) is 56.6 Å². The molecule has 0 aromatic heterocycles. The van der Waals surface area contributed by atoms with Crippen LogP contribution in [0.4, 0.5) is 5.69 Å². The number of aliphatic imine (C=N–C) groups is 1. The molecule has 0 saturated carbocycles.